The van der Waals surface area contributed by atoms with E-state index in [0.29, 0.717) is 17.7 Å². The van der Waals surface area contributed by atoms with Crippen LogP contribution in [0.3, 0.4) is 0 Å². The number of aryl methyl sites for hydroxylation is 2. The Morgan fingerprint density at radius 3 is 2.46 bits per heavy atom. The highest BCUT2D eigenvalue weighted by atomic mass is 16.2. The summed E-state index contributed by atoms with van der Waals surface area (Å²) in [6.07, 6.45) is 3.59. The number of benzene rings is 2. The molecule has 2 aromatic carbocycles. The summed E-state index contributed by atoms with van der Waals surface area (Å²) in [5, 5.41) is 7.43. The molecule has 6 rings (SSSR count). The largest absolute Gasteiger partial charge is 0.356 e. The van der Waals surface area contributed by atoms with Gasteiger partial charge in [-0.2, -0.15) is 0 Å². The van der Waals surface area contributed by atoms with Crippen LogP contribution in [-0.2, 0) is 34.4 Å². The third-order valence-electron chi connectivity index (χ3n) is 7.31. The smallest absolute Gasteiger partial charge is 0.259 e. The molecule has 2 aliphatic heterocycles. The minimum Gasteiger partial charge on any atom is -0.356 e. The minimum atomic E-state index is -0.365. The first-order valence-electron chi connectivity index (χ1n) is 11.9. The Morgan fingerprint density at radius 1 is 1.00 bits per heavy atom. The number of nitrogens with one attached hydrogen (secondary N) is 2. The summed E-state index contributed by atoms with van der Waals surface area (Å²) in [4.78, 5) is 38.1. The van der Waals surface area contributed by atoms with Crippen molar-refractivity contribution in [2.45, 2.75) is 26.3 Å². The standard InChI is InChI=1S/C28H26N4O3/c1-16(33)29-14-17-11-12-32-22-10-6-4-8-19(22)24(23(32)13-17)26-25(27(34)30-28(26)35)20-15-31(2)21-9-5-3-7-18(20)21/h3-10,15,17H,11-14H2,1-2H3,(H,29,33)(H,30,34,35). The number of amides is 3. The molecule has 0 fully saturated rings. The van der Waals surface area contributed by atoms with Gasteiger partial charge in [0, 0.05) is 71.9 Å². The Labute approximate surface area is 202 Å². The van der Waals surface area contributed by atoms with Gasteiger partial charge < -0.3 is 14.5 Å². The number of imide groups is 1. The van der Waals surface area contributed by atoms with Crippen LogP contribution in [0.15, 0.2) is 54.7 Å². The van der Waals surface area contributed by atoms with Gasteiger partial charge in [-0.05, 0) is 30.9 Å². The van der Waals surface area contributed by atoms with Crippen LogP contribution >= 0.6 is 0 Å². The highest BCUT2D eigenvalue weighted by Gasteiger charge is 2.38. The van der Waals surface area contributed by atoms with Crippen LogP contribution in [0.25, 0.3) is 33.0 Å². The van der Waals surface area contributed by atoms with Crippen LogP contribution < -0.4 is 10.6 Å². The predicted molar refractivity (Wildman–Crippen MR) is 135 cm³/mol. The van der Waals surface area contributed by atoms with Gasteiger partial charge in [-0.15, -0.1) is 0 Å². The van der Waals surface area contributed by atoms with Crippen LogP contribution in [0.5, 0.6) is 0 Å². The van der Waals surface area contributed by atoms with Crippen molar-refractivity contribution in [1.82, 2.24) is 19.8 Å². The third-order valence-corrected chi connectivity index (χ3v) is 7.31. The highest BCUT2D eigenvalue weighted by Crippen LogP contribution is 2.42. The molecule has 2 aromatic heterocycles. The number of para-hydroxylation sites is 2. The van der Waals surface area contributed by atoms with Crippen molar-refractivity contribution < 1.29 is 14.4 Å². The zero-order valence-electron chi connectivity index (χ0n) is 19.7. The molecule has 176 valence electrons. The molecule has 1 unspecified atom stereocenters. The molecule has 1 atom stereocenters. The lowest BCUT2D eigenvalue weighted by Gasteiger charge is -2.26. The van der Waals surface area contributed by atoms with Crippen molar-refractivity contribution in [2.75, 3.05) is 6.54 Å². The Hall–Kier alpha value is -4.13. The second-order valence-corrected chi connectivity index (χ2v) is 9.49. The second kappa shape index (κ2) is 7.98. The molecule has 0 radical (unpaired) electrons. The lowest BCUT2D eigenvalue weighted by atomic mass is 9.89. The van der Waals surface area contributed by atoms with Crippen molar-refractivity contribution >= 4 is 50.7 Å². The molecule has 0 saturated heterocycles. The topological polar surface area (TPSA) is 85.1 Å². The van der Waals surface area contributed by atoms with E-state index >= 15 is 0 Å². The fourth-order valence-corrected chi connectivity index (χ4v) is 5.74. The molecule has 0 saturated carbocycles. The Kier molecular flexibility index (Phi) is 4.88. The van der Waals surface area contributed by atoms with Gasteiger partial charge in [0.1, 0.15) is 0 Å². The summed E-state index contributed by atoms with van der Waals surface area (Å²) >= 11 is 0. The molecule has 4 heterocycles. The monoisotopic (exact) mass is 466 g/mol. The van der Waals surface area contributed by atoms with E-state index in [0.717, 1.165) is 58.0 Å². The van der Waals surface area contributed by atoms with Crippen LogP contribution in [0.2, 0.25) is 0 Å². The molecule has 2 aliphatic rings. The van der Waals surface area contributed by atoms with Gasteiger partial charge in [0.05, 0.1) is 11.1 Å². The Morgan fingerprint density at radius 2 is 1.69 bits per heavy atom. The Balaban J connectivity index is 1.61. The van der Waals surface area contributed by atoms with Crippen LogP contribution in [-0.4, -0.2) is 33.4 Å². The zero-order chi connectivity index (χ0) is 24.3. The molecule has 0 bridgehead atoms. The van der Waals surface area contributed by atoms with Gasteiger partial charge in [-0.3, -0.25) is 19.7 Å². The summed E-state index contributed by atoms with van der Waals surface area (Å²) in [6.45, 7) is 2.92. The number of fused-ring (bicyclic) bond motifs is 4. The van der Waals surface area contributed by atoms with E-state index in [1.54, 1.807) is 0 Å². The first-order chi connectivity index (χ1) is 16.9. The maximum Gasteiger partial charge on any atom is 0.259 e. The van der Waals surface area contributed by atoms with Gasteiger partial charge in [-0.1, -0.05) is 36.4 Å². The summed E-state index contributed by atoms with van der Waals surface area (Å²) in [5.74, 6) is -0.508. The minimum absolute atomic E-state index is 0.0435. The molecule has 0 spiro atoms. The lowest BCUT2D eigenvalue weighted by Crippen LogP contribution is -2.32. The zero-order valence-corrected chi connectivity index (χ0v) is 19.7. The Bertz CT molecular complexity index is 1590. The van der Waals surface area contributed by atoms with Crippen molar-refractivity contribution in [2.24, 2.45) is 13.0 Å². The molecular weight excluding hydrogens is 440 g/mol. The maximum atomic E-state index is 13.4. The summed E-state index contributed by atoms with van der Waals surface area (Å²) < 4.78 is 4.26. The number of carbonyl (C=O) groups excluding carboxylic acids is 3. The van der Waals surface area contributed by atoms with Gasteiger partial charge in [0.15, 0.2) is 0 Å². The average molecular weight is 467 g/mol. The molecule has 0 aliphatic carbocycles. The highest BCUT2D eigenvalue weighted by molar-refractivity contribution is 6.51. The van der Waals surface area contributed by atoms with Crippen molar-refractivity contribution in [3.05, 3.63) is 71.5 Å². The number of hydrogen-bond acceptors (Lipinski definition) is 3. The quantitative estimate of drug-likeness (QED) is 0.452. The predicted octanol–water partition coefficient (Wildman–Crippen LogP) is 3.40. The average Bonchev–Trinajstić information content (AvgIpc) is 3.45. The molecule has 35 heavy (non-hydrogen) atoms. The third kappa shape index (κ3) is 3.30. The van der Waals surface area contributed by atoms with Crippen molar-refractivity contribution in [1.29, 1.82) is 0 Å². The number of aromatic nitrogens is 2. The van der Waals surface area contributed by atoms with Crippen LogP contribution in [0.1, 0.15) is 30.2 Å². The fourth-order valence-electron chi connectivity index (χ4n) is 5.74. The van der Waals surface area contributed by atoms with Gasteiger partial charge in [-0.25, -0.2) is 0 Å². The van der Waals surface area contributed by atoms with Crippen molar-refractivity contribution in [3.63, 3.8) is 0 Å². The van der Waals surface area contributed by atoms with Gasteiger partial charge >= 0.3 is 0 Å². The van der Waals surface area contributed by atoms with Gasteiger partial charge in [0.25, 0.3) is 11.8 Å². The van der Waals surface area contributed by atoms with E-state index in [1.807, 2.05) is 60.3 Å². The van der Waals surface area contributed by atoms with E-state index in [2.05, 4.69) is 21.3 Å². The van der Waals surface area contributed by atoms with E-state index in [-0.39, 0.29) is 23.6 Å². The number of hydrogen-bond donors (Lipinski definition) is 2. The molecule has 3 amide bonds. The second-order valence-electron chi connectivity index (χ2n) is 9.49. The number of rotatable bonds is 4. The maximum absolute atomic E-state index is 13.4. The fraction of sp³-hybridized carbons (Fsp3) is 0.250. The van der Waals surface area contributed by atoms with Crippen LogP contribution in [0.4, 0.5) is 0 Å². The van der Waals surface area contributed by atoms with Gasteiger partial charge in [0.2, 0.25) is 5.91 Å². The first-order valence-corrected chi connectivity index (χ1v) is 11.9. The molecule has 4 aromatic rings. The van der Waals surface area contributed by atoms with E-state index in [4.69, 9.17) is 0 Å². The lowest BCUT2D eigenvalue weighted by molar-refractivity contribution is -0.123. The summed E-state index contributed by atoms with van der Waals surface area (Å²) in [7, 11) is 1.95. The molecular formula is C28H26N4O3. The molecule has 2 N–H and O–H groups in total. The summed E-state index contributed by atoms with van der Waals surface area (Å²) in [5.41, 5.74) is 5.57. The normalized spacial score (nSPS) is 17.8. The number of carbonyl (C=O) groups is 3. The number of nitrogens with zero attached hydrogens (tertiary/aromatic N) is 2. The van der Waals surface area contributed by atoms with Crippen LogP contribution in [0, 0.1) is 5.92 Å². The van der Waals surface area contributed by atoms with E-state index in [1.165, 1.54) is 6.92 Å². The first kappa shape index (κ1) is 21.4. The van der Waals surface area contributed by atoms with E-state index < -0.39 is 0 Å². The summed E-state index contributed by atoms with van der Waals surface area (Å²) in [6, 6.07) is 16.0. The SMILES string of the molecule is CC(=O)NCC1CCn2c(c(C3=C(c4cn(C)c5ccccc45)C(=O)NC3=O)c3ccccc32)C1. The van der Waals surface area contributed by atoms with Crippen molar-refractivity contribution in [3.8, 4) is 0 Å². The molecule has 7 heteroatoms. The molecule has 7 nitrogen and oxygen atoms in total. The van der Waals surface area contributed by atoms with E-state index in [9.17, 15) is 14.4 Å².